The Hall–Kier alpha value is -3.11. The van der Waals surface area contributed by atoms with Gasteiger partial charge in [-0.2, -0.15) is 0 Å². The number of hydrogen-bond acceptors (Lipinski definition) is 4. The van der Waals surface area contributed by atoms with Gasteiger partial charge in [0.1, 0.15) is 11.3 Å². The van der Waals surface area contributed by atoms with Gasteiger partial charge in [0.25, 0.3) is 11.8 Å². The number of nitrogens with zero attached hydrogens (tertiary/aromatic N) is 1. The molecule has 1 aromatic carbocycles. The second-order valence-corrected chi connectivity index (χ2v) is 5.70. The minimum absolute atomic E-state index is 0.229. The second-order valence-electron chi connectivity index (χ2n) is 4.78. The SMILES string of the molecule is C#Cc1ccc(/C=C2\C(=O)NC(=O)N(c3cccc(Br)c3)C2=O)o1. The summed E-state index contributed by atoms with van der Waals surface area (Å²) in [5, 5.41) is 2.13. The predicted molar refractivity (Wildman–Crippen MR) is 89.8 cm³/mol. The molecule has 2 heterocycles. The van der Waals surface area contributed by atoms with E-state index < -0.39 is 17.8 Å². The average Bonchev–Trinajstić information content (AvgIpc) is 2.99. The van der Waals surface area contributed by atoms with Gasteiger partial charge in [-0.25, -0.2) is 9.69 Å². The number of terminal acetylenes is 1. The van der Waals surface area contributed by atoms with E-state index in [9.17, 15) is 14.4 Å². The summed E-state index contributed by atoms with van der Waals surface area (Å²) >= 11 is 3.28. The molecule has 1 aromatic heterocycles. The molecule has 1 aliphatic heterocycles. The molecule has 1 fully saturated rings. The van der Waals surface area contributed by atoms with Gasteiger partial charge in [0.05, 0.1) is 5.69 Å². The Kier molecular flexibility index (Phi) is 4.06. The summed E-state index contributed by atoms with van der Waals surface area (Å²) in [5.74, 6) is 1.27. The van der Waals surface area contributed by atoms with Crippen LogP contribution in [0.25, 0.3) is 6.08 Å². The number of halogens is 1. The first-order valence-corrected chi connectivity index (χ1v) is 7.52. The molecule has 6 nitrogen and oxygen atoms in total. The summed E-state index contributed by atoms with van der Waals surface area (Å²) in [4.78, 5) is 37.6. The van der Waals surface area contributed by atoms with Crippen LogP contribution in [0.15, 0.2) is 50.9 Å². The molecule has 2 aromatic rings. The fourth-order valence-electron chi connectivity index (χ4n) is 2.16. The van der Waals surface area contributed by atoms with Gasteiger partial charge in [0.2, 0.25) is 0 Å². The molecular weight excluding hydrogens is 376 g/mol. The van der Waals surface area contributed by atoms with Crippen molar-refractivity contribution in [3.05, 3.63) is 58.0 Å². The van der Waals surface area contributed by atoms with E-state index in [1.54, 1.807) is 24.3 Å². The van der Waals surface area contributed by atoms with Gasteiger partial charge in [-0.3, -0.25) is 14.9 Å². The van der Waals surface area contributed by atoms with Crippen LogP contribution < -0.4 is 10.2 Å². The van der Waals surface area contributed by atoms with E-state index in [2.05, 4.69) is 27.2 Å². The van der Waals surface area contributed by atoms with Crippen molar-refractivity contribution in [2.45, 2.75) is 0 Å². The van der Waals surface area contributed by atoms with E-state index in [0.29, 0.717) is 10.2 Å². The first kappa shape index (κ1) is 15.8. The van der Waals surface area contributed by atoms with Crippen LogP contribution in [0.1, 0.15) is 11.5 Å². The minimum atomic E-state index is -0.816. The number of nitrogens with one attached hydrogen (secondary N) is 1. The minimum Gasteiger partial charge on any atom is -0.448 e. The Bertz CT molecular complexity index is 936. The predicted octanol–water partition coefficient (Wildman–Crippen LogP) is 2.69. The molecule has 0 radical (unpaired) electrons. The number of benzene rings is 1. The fraction of sp³-hybridized carbons (Fsp3) is 0. The third-order valence-corrected chi connectivity index (χ3v) is 3.72. The molecule has 24 heavy (non-hydrogen) atoms. The van der Waals surface area contributed by atoms with Gasteiger partial charge >= 0.3 is 6.03 Å². The number of carbonyl (C=O) groups excluding carboxylic acids is 3. The molecule has 1 aliphatic rings. The quantitative estimate of drug-likeness (QED) is 0.490. The third kappa shape index (κ3) is 2.87. The summed E-state index contributed by atoms with van der Waals surface area (Å²) in [6, 6.07) is 8.85. The molecule has 0 aliphatic carbocycles. The molecule has 0 bridgehead atoms. The zero-order valence-corrected chi connectivity index (χ0v) is 13.7. The van der Waals surface area contributed by atoms with Gasteiger partial charge in [-0.1, -0.05) is 22.0 Å². The van der Waals surface area contributed by atoms with Crippen LogP contribution in [-0.4, -0.2) is 17.8 Å². The van der Waals surface area contributed by atoms with Gasteiger partial charge in [0, 0.05) is 4.47 Å². The van der Waals surface area contributed by atoms with E-state index in [0.717, 1.165) is 4.90 Å². The fourth-order valence-corrected chi connectivity index (χ4v) is 2.54. The Morgan fingerprint density at radius 3 is 2.67 bits per heavy atom. The average molecular weight is 385 g/mol. The van der Waals surface area contributed by atoms with Crippen molar-refractivity contribution in [2.24, 2.45) is 0 Å². The van der Waals surface area contributed by atoms with E-state index in [1.165, 1.54) is 18.2 Å². The molecule has 0 atom stereocenters. The van der Waals surface area contributed by atoms with Crippen LogP contribution in [0.3, 0.4) is 0 Å². The number of amides is 4. The van der Waals surface area contributed by atoms with Crippen molar-refractivity contribution in [3.63, 3.8) is 0 Å². The number of rotatable bonds is 2. The van der Waals surface area contributed by atoms with Crippen molar-refractivity contribution in [3.8, 4) is 12.3 Å². The van der Waals surface area contributed by atoms with Crippen molar-refractivity contribution in [2.75, 3.05) is 4.90 Å². The number of carbonyl (C=O) groups is 3. The molecular formula is C17H9BrN2O4. The van der Waals surface area contributed by atoms with Gasteiger partial charge < -0.3 is 4.42 Å². The summed E-state index contributed by atoms with van der Waals surface area (Å²) in [6.45, 7) is 0. The van der Waals surface area contributed by atoms with Crippen LogP contribution in [0.2, 0.25) is 0 Å². The van der Waals surface area contributed by atoms with E-state index in [4.69, 9.17) is 10.8 Å². The number of barbiturate groups is 1. The molecule has 4 amide bonds. The zero-order valence-electron chi connectivity index (χ0n) is 12.1. The third-order valence-electron chi connectivity index (χ3n) is 3.22. The van der Waals surface area contributed by atoms with E-state index in [1.807, 2.05) is 0 Å². The molecule has 0 unspecified atom stereocenters. The van der Waals surface area contributed by atoms with Gasteiger partial charge in [-0.15, -0.1) is 6.42 Å². The molecule has 118 valence electrons. The molecule has 7 heteroatoms. The summed E-state index contributed by atoms with van der Waals surface area (Å²) in [5.41, 5.74) is 0.0986. The van der Waals surface area contributed by atoms with E-state index >= 15 is 0 Å². The Morgan fingerprint density at radius 2 is 2.00 bits per heavy atom. The molecule has 1 saturated heterocycles. The molecule has 0 saturated carbocycles. The topological polar surface area (TPSA) is 79.6 Å². The van der Waals surface area contributed by atoms with Crippen LogP contribution in [-0.2, 0) is 9.59 Å². The van der Waals surface area contributed by atoms with E-state index in [-0.39, 0.29) is 17.1 Å². The molecule has 3 rings (SSSR count). The highest BCUT2D eigenvalue weighted by Crippen LogP contribution is 2.24. The summed E-state index contributed by atoms with van der Waals surface area (Å²) in [7, 11) is 0. The van der Waals surface area contributed by atoms with Crippen molar-refractivity contribution >= 4 is 45.5 Å². The van der Waals surface area contributed by atoms with Gasteiger partial charge in [-0.05, 0) is 42.3 Å². The Balaban J connectivity index is 2.01. The Labute approximate surface area is 145 Å². The lowest BCUT2D eigenvalue weighted by Crippen LogP contribution is -2.54. The standard InChI is InChI=1S/C17H9BrN2O4/c1-2-12-6-7-13(24-12)9-14-15(21)19-17(23)20(16(14)22)11-5-3-4-10(18)8-11/h1,3-9H,(H,19,21,23)/b14-9+. The van der Waals surface area contributed by atoms with Crippen LogP contribution in [0, 0.1) is 12.3 Å². The lowest BCUT2D eigenvalue weighted by molar-refractivity contribution is -0.122. The lowest BCUT2D eigenvalue weighted by Gasteiger charge is -2.26. The number of imide groups is 2. The van der Waals surface area contributed by atoms with Gasteiger partial charge in [0.15, 0.2) is 5.76 Å². The lowest BCUT2D eigenvalue weighted by atomic mass is 10.1. The maximum Gasteiger partial charge on any atom is 0.335 e. The normalized spacial score (nSPS) is 16.2. The summed E-state index contributed by atoms with van der Waals surface area (Å²) in [6.07, 6.45) is 6.46. The Morgan fingerprint density at radius 1 is 1.21 bits per heavy atom. The van der Waals surface area contributed by atoms with Crippen molar-refractivity contribution in [1.29, 1.82) is 0 Å². The van der Waals surface area contributed by atoms with Crippen LogP contribution in [0.4, 0.5) is 10.5 Å². The highest BCUT2D eigenvalue weighted by atomic mass is 79.9. The first-order chi connectivity index (χ1) is 11.5. The number of urea groups is 1. The maximum absolute atomic E-state index is 12.6. The summed E-state index contributed by atoms with van der Waals surface area (Å²) < 4.78 is 5.95. The monoisotopic (exact) mass is 384 g/mol. The molecule has 0 spiro atoms. The van der Waals surface area contributed by atoms with Crippen LogP contribution in [0.5, 0.6) is 0 Å². The zero-order chi connectivity index (χ0) is 17.3. The number of furan rings is 1. The number of hydrogen-bond donors (Lipinski definition) is 1. The highest BCUT2D eigenvalue weighted by molar-refractivity contribution is 9.10. The molecule has 1 N–H and O–H groups in total. The maximum atomic E-state index is 12.6. The van der Waals surface area contributed by atoms with Crippen LogP contribution >= 0.6 is 15.9 Å². The van der Waals surface area contributed by atoms with Crippen molar-refractivity contribution < 1.29 is 18.8 Å². The van der Waals surface area contributed by atoms with Crippen molar-refractivity contribution in [1.82, 2.24) is 5.32 Å². The smallest absolute Gasteiger partial charge is 0.335 e. The largest absolute Gasteiger partial charge is 0.448 e. The second kappa shape index (κ2) is 6.18. The number of anilines is 1. The highest BCUT2D eigenvalue weighted by Gasteiger charge is 2.37. The first-order valence-electron chi connectivity index (χ1n) is 6.73.